The van der Waals surface area contributed by atoms with E-state index < -0.39 is 0 Å². The van der Waals surface area contributed by atoms with Crippen molar-refractivity contribution in [2.45, 2.75) is 38.8 Å². The van der Waals surface area contributed by atoms with Gasteiger partial charge in [0, 0.05) is 12.6 Å². The maximum Gasteiger partial charge on any atom is 0.172 e. The minimum absolute atomic E-state index is 0.161. The first kappa shape index (κ1) is 16.6. The molecule has 1 aliphatic rings. The Hall–Kier alpha value is -0.780. The Morgan fingerprint density at radius 3 is 2.71 bits per heavy atom. The fourth-order valence-corrected chi connectivity index (χ4v) is 3.31. The topological polar surface area (TPSA) is 44.7 Å². The maximum atomic E-state index is 9.82. The number of benzene rings is 1. The summed E-state index contributed by atoms with van der Waals surface area (Å²) in [6, 6.07) is 4.41. The molecule has 0 amide bonds. The average Bonchev–Trinajstić information content (AvgIpc) is 2.50. The first-order chi connectivity index (χ1) is 10.1. The van der Waals surface area contributed by atoms with Crippen LogP contribution in [0.15, 0.2) is 16.6 Å². The molecular formula is C16H25BrN2O2. The predicted molar refractivity (Wildman–Crippen MR) is 89.0 cm³/mol. The van der Waals surface area contributed by atoms with Crippen molar-refractivity contribution in [2.24, 2.45) is 0 Å². The van der Waals surface area contributed by atoms with Crippen LogP contribution in [-0.2, 0) is 6.54 Å². The van der Waals surface area contributed by atoms with Gasteiger partial charge in [-0.1, -0.05) is 6.92 Å². The van der Waals surface area contributed by atoms with Gasteiger partial charge in [0.25, 0.3) is 0 Å². The predicted octanol–water partition coefficient (Wildman–Crippen LogP) is 3.13. The largest absolute Gasteiger partial charge is 0.503 e. The number of piperidine rings is 1. The fraction of sp³-hybridized carbons (Fsp3) is 0.625. The van der Waals surface area contributed by atoms with Crippen LogP contribution in [0.25, 0.3) is 0 Å². The van der Waals surface area contributed by atoms with Gasteiger partial charge in [0.2, 0.25) is 0 Å². The molecule has 21 heavy (non-hydrogen) atoms. The van der Waals surface area contributed by atoms with E-state index in [1.807, 2.05) is 12.1 Å². The number of halogens is 1. The number of phenolic OH excluding ortho intramolecular Hbond substituents is 1. The van der Waals surface area contributed by atoms with Gasteiger partial charge in [0.1, 0.15) is 0 Å². The van der Waals surface area contributed by atoms with Gasteiger partial charge in [0.05, 0.1) is 11.6 Å². The summed E-state index contributed by atoms with van der Waals surface area (Å²) in [5.74, 6) is 0.674. The van der Waals surface area contributed by atoms with Crippen molar-refractivity contribution < 1.29 is 9.84 Å². The highest BCUT2D eigenvalue weighted by molar-refractivity contribution is 9.10. The number of nitrogens with zero attached hydrogens (tertiary/aromatic N) is 1. The zero-order valence-corrected chi connectivity index (χ0v) is 14.4. The zero-order valence-electron chi connectivity index (χ0n) is 12.9. The van der Waals surface area contributed by atoms with Gasteiger partial charge in [-0.15, -0.1) is 0 Å². The number of hydrogen-bond acceptors (Lipinski definition) is 4. The highest BCUT2D eigenvalue weighted by atomic mass is 79.9. The Balaban J connectivity index is 1.85. The zero-order chi connectivity index (χ0) is 15.2. The molecule has 2 N–H and O–H groups in total. The molecule has 1 aromatic rings. The fourth-order valence-electron chi connectivity index (χ4n) is 2.82. The first-order valence-electron chi connectivity index (χ1n) is 7.65. The molecule has 0 radical (unpaired) electrons. The summed E-state index contributed by atoms with van der Waals surface area (Å²) in [7, 11) is 1.57. The van der Waals surface area contributed by atoms with Crippen molar-refractivity contribution in [1.82, 2.24) is 10.2 Å². The molecule has 1 fully saturated rings. The van der Waals surface area contributed by atoms with Crippen LogP contribution in [-0.4, -0.2) is 42.8 Å². The Labute approximate surface area is 135 Å². The summed E-state index contributed by atoms with van der Waals surface area (Å²) in [4.78, 5) is 2.54. The van der Waals surface area contributed by atoms with Crippen LogP contribution in [0.3, 0.4) is 0 Å². The van der Waals surface area contributed by atoms with E-state index >= 15 is 0 Å². The molecule has 1 saturated heterocycles. The molecule has 0 atom stereocenters. The molecule has 0 bridgehead atoms. The van der Waals surface area contributed by atoms with E-state index in [0.29, 0.717) is 16.3 Å². The van der Waals surface area contributed by atoms with E-state index in [2.05, 4.69) is 33.1 Å². The van der Waals surface area contributed by atoms with Gasteiger partial charge in [-0.25, -0.2) is 0 Å². The van der Waals surface area contributed by atoms with E-state index in [-0.39, 0.29) is 5.75 Å². The molecule has 0 aliphatic carbocycles. The molecule has 4 nitrogen and oxygen atoms in total. The average molecular weight is 357 g/mol. The van der Waals surface area contributed by atoms with Crippen molar-refractivity contribution >= 4 is 15.9 Å². The summed E-state index contributed by atoms with van der Waals surface area (Å²) in [6.45, 7) is 6.63. The molecule has 0 aromatic heterocycles. The Morgan fingerprint density at radius 1 is 1.38 bits per heavy atom. The summed E-state index contributed by atoms with van der Waals surface area (Å²) >= 11 is 3.36. The van der Waals surface area contributed by atoms with Crippen molar-refractivity contribution in [3.63, 3.8) is 0 Å². The maximum absolute atomic E-state index is 9.82. The van der Waals surface area contributed by atoms with E-state index in [1.54, 1.807) is 7.11 Å². The highest BCUT2D eigenvalue weighted by Crippen LogP contribution is 2.35. The van der Waals surface area contributed by atoms with Crippen LogP contribution < -0.4 is 10.1 Å². The minimum Gasteiger partial charge on any atom is -0.503 e. The Kier molecular flexibility index (Phi) is 6.33. The third-order valence-electron chi connectivity index (χ3n) is 4.03. The number of aromatic hydroxyl groups is 1. The third-order valence-corrected chi connectivity index (χ3v) is 4.63. The van der Waals surface area contributed by atoms with Crippen LogP contribution in [0.4, 0.5) is 0 Å². The quantitative estimate of drug-likeness (QED) is 0.821. The van der Waals surface area contributed by atoms with Gasteiger partial charge in [-0.3, -0.25) is 0 Å². The van der Waals surface area contributed by atoms with Gasteiger partial charge < -0.3 is 20.1 Å². The summed E-state index contributed by atoms with van der Waals surface area (Å²) in [6.07, 6.45) is 3.65. The molecule has 0 unspecified atom stereocenters. The lowest BCUT2D eigenvalue weighted by Gasteiger charge is -2.32. The number of ether oxygens (including phenoxy) is 1. The molecule has 0 spiro atoms. The van der Waals surface area contributed by atoms with E-state index in [4.69, 9.17) is 4.74 Å². The smallest absolute Gasteiger partial charge is 0.172 e. The lowest BCUT2D eigenvalue weighted by Crippen LogP contribution is -2.42. The number of rotatable bonds is 6. The third kappa shape index (κ3) is 4.59. The molecule has 2 rings (SSSR count). The Bertz CT molecular complexity index is 460. The van der Waals surface area contributed by atoms with Gasteiger partial charge >= 0.3 is 0 Å². The summed E-state index contributed by atoms with van der Waals surface area (Å²) in [5.41, 5.74) is 1.12. The number of methoxy groups -OCH3 is 1. The van der Waals surface area contributed by atoms with E-state index in [1.165, 1.54) is 38.9 Å². The minimum atomic E-state index is 0.161. The number of nitrogens with one attached hydrogen (secondary N) is 1. The Morgan fingerprint density at radius 2 is 2.10 bits per heavy atom. The molecule has 0 saturated carbocycles. The van der Waals surface area contributed by atoms with Gasteiger partial charge in [-0.2, -0.15) is 0 Å². The van der Waals surface area contributed by atoms with Crippen LogP contribution in [0.2, 0.25) is 0 Å². The highest BCUT2D eigenvalue weighted by Gasteiger charge is 2.18. The molecule has 1 aliphatic heterocycles. The lowest BCUT2D eigenvalue weighted by atomic mass is 10.0. The molecule has 1 aromatic carbocycles. The number of phenols is 1. The summed E-state index contributed by atoms with van der Waals surface area (Å²) < 4.78 is 5.86. The summed E-state index contributed by atoms with van der Waals surface area (Å²) in [5, 5.41) is 13.4. The van der Waals surface area contributed by atoms with Crippen molar-refractivity contribution in [3.05, 3.63) is 22.2 Å². The van der Waals surface area contributed by atoms with Crippen molar-refractivity contribution in [3.8, 4) is 11.5 Å². The second-order valence-corrected chi connectivity index (χ2v) is 6.48. The number of hydrogen-bond donors (Lipinski definition) is 2. The molecule has 118 valence electrons. The van der Waals surface area contributed by atoms with E-state index in [9.17, 15) is 5.11 Å². The van der Waals surface area contributed by atoms with Crippen LogP contribution in [0.1, 0.15) is 31.7 Å². The standard InChI is InChI=1S/C16H25BrN2O2/c1-3-6-19-7-4-13(5-8-19)18-11-12-9-14(17)16(20)15(10-12)21-2/h9-10,13,18,20H,3-8,11H2,1-2H3. The van der Waals surface area contributed by atoms with Crippen LogP contribution in [0, 0.1) is 0 Å². The second kappa shape index (κ2) is 8.01. The van der Waals surface area contributed by atoms with Crippen molar-refractivity contribution in [1.29, 1.82) is 0 Å². The van der Waals surface area contributed by atoms with Crippen molar-refractivity contribution in [2.75, 3.05) is 26.7 Å². The normalized spacial score (nSPS) is 17.1. The number of likely N-dealkylation sites (tertiary alicyclic amines) is 1. The monoisotopic (exact) mass is 356 g/mol. The lowest BCUT2D eigenvalue weighted by molar-refractivity contribution is 0.197. The second-order valence-electron chi connectivity index (χ2n) is 5.63. The molecule has 1 heterocycles. The van der Waals surface area contributed by atoms with Gasteiger partial charge in [-0.05, 0) is 72.5 Å². The van der Waals surface area contributed by atoms with Crippen LogP contribution >= 0.6 is 15.9 Å². The van der Waals surface area contributed by atoms with Crippen LogP contribution in [0.5, 0.6) is 11.5 Å². The SMILES string of the molecule is CCCN1CCC(NCc2cc(Br)c(O)c(OC)c2)CC1. The molecular weight excluding hydrogens is 332 g/mol. The molecule has 5 heteroatoms. The first-order valence-corrected chi connectivity index (χ1v) is 8.44. The van der Waals surface area contributed by atoms with E-state index in [0.717, 1.165) is 12.1 Å². The van der Waals surface area contributed by atoms with Gasteiger partial charge in [0.15, 0.2) is 11.5 Å².